The van der Waals surface area contributed by atoms with Gasteiger partial charge in [-0.15, -0.1) is 0 Å². The SMILES string of the molecule is CC(C)CNCC(C)c1ccc(CN(C)CC2CC2)cc1. The summed E-state index contributed by atoms with van der Waals surface area (Å²) in [5.41, 5.74) is 2.88. The molecule has 2 heteroatoms. The first kappa shape index (κ1) is 16.5. The molecule has 0 heterocycles. The minimum atomic E-state index is 0.585. The van der Waals surface area contributed by atoms with E-state index in [0.29, 0.717) is 5.92 Å². The van der Waals surface area contributed by atoms with E-state index in [2.05, 4.69) is 62.3 Å². The third kappa shape index (κ3) is 6.19. The number of benzene rings is 1. The Hall–Kier alpha value is -0.860. The molecule has 1 fully saturated rings. The zero-order valence-corrected chi connectivity index (χ0v) is 14.2. The van der Waals surface area contributed by atoms with E-state index in [4.69, 9.17) is 0 Å². The quantitative estimate of drug-likeness (QED) is 0.742. The molecule has 1 N–H and O–H groups in total. The van der Waals surface area contributed by atoms with Crippen LogP contribution < -0.4 is 5.32 Å². The van der Waals surface area contributed by atoms with E-state index >= 15 is 0 Å². The van der Waals surface area contributed by atoms with Gasteiger partial charge < -0.3 is 10.2 Å². The summed E-state index contributed by atoms with van der Waals surface area (Å²) in [6.45, 7) is 11.3. The van der Waals surface area contributed by atoms with Crippen LogP contribution in [0.15, 0.2) is 24.3 Å². The van der Waals surface area contributed by atoms with Crippen LogP contribution in [0.4, 0.5) is 0 Å². The van der Waals surface area contributed by atoms with Gasteiger partial charge in [-0.25, -0.2) is 0 Å². The lowest BCUT2D eigenvalue weighted by molar-refractivity contribution is 0.313. The van der Waals surface area contributed by atoms with Crippen LogP contribution >= 0.6 is 0 Å². The van der Waals surface area contributed by atoms with Crippen molar-refractivity contribution in [3.8, 4) is 0 Å². The molecule has 0 aromatic heterocycles. The van der Waals surface area contributed by atoms with Crippen LogP contribution in [-0.4, -0.2) is 31.6 Å². The molecule has 1 atom stereocenters. The predicted octanol–water partition coefficient (Wildman–Crippen LogP) is 3.88. The smallest absolute Gasteiger partial charge is 0.0230 e. The molecule has 21 heavy (non-hydrogen) atoms. The van der Waals surface area contributed by atoms with Crippen LogP contribution in [-0.2, 0) is 6.54 Å². The summed E-state index contributed by atoms with van der Waals surface area (Å²) in [7, 11) is 2.24. The van der Waals surface area contributed by atoms with Gasteiger partial charge in [0.2, 0.25) is 0 Å². The lowest BCUT2D eigenvalue weighted by Gasteiger charge is -2.18. The van der Waals surface area contributed by atoms with Crippen LogP contribution in [0.25, 0.3) is 0 Å². The molecule has 1 aliphatic rings. The minimum absolute atomic E-state index is 0.585. The second-order valence-corrected chi connectivity index (χ2v) is 7.33. The standard InChI is InChI=1S/C19H32N2/c1-15(2)11-20-12-16(3)19-9-7-18(8-10-19)14-21(4)13-17-5-6-17/h7-10,15-17,20H,5-6,11-14H2,1-4H3. The summed E-state index contributed by atoms with van der Waals surface area (Å²) in [4.78, 5) is 2.46. The zero-order chi connectivity index (χ0) is 15.2. The first-order chi connectivity index (χ1) is 10.0. The highest BCUT2D eigenvalue weighted by atomic mass is 15.1. The summed E-state index contributed by atoms with van der Waals surface area (Å²) in [6, 6.07) is 9.22. The van der Waals surface area contributed by atoms with E-state index in [1.54, 1.807) is 0 Å². The molecule has 0 bridgehead atoms. The topological polar surface area (TPSA) is 15.3 Å². The molecule has 2 rings (SSSR count). The zero-order valence-electron chi connectivity index (χ0n) is 14.2. The van der Waals surface area contributed by atoms with Crippen molar-refractivity contribution in [3.05, 3.63) is 35.4 Å². The van der Waals surface area contributed by atoms with Gasteiger partial charge in [-0.2, -0.15) is 0 Å². The first-order valence-corrected chi connectivity index (χ1v) is 8.52. The molecule has 1 aromatic rings. The highest BCUT2D eigenvalue weighted by Crippen LogP contribution is 2.29. The molecule has 0 aliphatic heterocycles. The Bertz CT molecular complexity index is 406. The summed E-state index contributed by atoms with van der Waals surface area (Å²) >= 11 is 0. The van der Waals surface area contributed by atoms with Gasteiger partial charge in [0.25, 0.3) is 0 Å². The molecule has 1 unspecified atom stereocenters. The monoisotopic (exact) mass is 288 g/mol. The molecule has 118 valence electrons. The fourth-order valence-electron chi connectivity index (χ4n) is 2.78. The lowest BCUT2D eigenvalue weighted by atomic mass is 9.99. The van der Waals surface area contributed by atoms with Gasteiger partial charge in [0, 0.05) is 19.6 Å². The van der Waals surface area contributed by atoms with Crippen molar-refractivity contribution in [2.24, 2.45) is 11.8 Å². The summed E-state index contributed by atoms with van der Waals surface area (Å²) in [5, 5.41) is 3.55. The lowest BCUT2D eigenvalue weighted by Crippen LogP contribution is -2.24. The van der Waals surface area contributed by atoms with E-state index in [1.165, 1.54) is 30.5 Å². The Morgan fingerprint density at radius 3 is 2.33 bits per heavy atom. The minimum Gasteiger partial charge on any atom is -0.316 e. The molecule has 1 aromatic carbocycles. The van der Waals surface area contributed by atoms with Crippen LogP contribution in [0.2, 0.25) is 0 Å². The maximum Gasteiger partial charge on any atom is 0.0230 e. The van der Waals surface area contributed by atoms with E-state index in [1.807, 2.05) is 0 Å². The van der Waals surface area contributed by atoms with Crippen molar-refractivity contribution in [2.45, 2.75) is 46.1 Å². The molecule has 0 spiro atoms. The molecule has 0 saturated heterocycles. The van der Waals surface area contributed by atoms with Crippen LogP contribution in [0.5, 0.6) is 0 Å². The number of nitrogens with zero attached hydrogens (tertiary/aromatic N) is 1. The van der Waals surface area contributed by atoms with Crippen molar-refractivity contribution in [1.82, 2.24) is 10.2 Å². The van der Waals surface area contributed by atoms with Gasteiger partial charge in [-0.1, -0.05) is 45.0 Å². The van der Waals surface area contributed by atoms with Gasteiger partial charge >= 0.3 is 0 Å². The molecule has 1 aliphatic carbocycles. The Labute approximate surface area is 130 Å². The maximum absolute atomic E-state index is 3.55. The second-order valence-electron chi connectivity index (χ2n) is 7.33. The fourth-order valence-corrected chi connectivity index (χ4v) is 2.78. The normalized spacial score (nSPS) is 16.7. The van der Waals surface area contributed by atoms with E-state index in [0.717, 1.165) is 31.5 Å². The molecule has 2 nitrogen and oxygen atoms in total. The Morgan fingerprint density at radius 1 is 1.10 bits per heavy atom. The number of rotatable bonds is 9. The molecule has 0 amide bonds. The van der Waals surface area contributed by atoms with Crippen LogP contribution in [0.1, 0.15) is 50.7 Å². The molecule has 0 radical (unpaired) electrons. The largest absolute Gasteiger partial charge is 0.316 e. The van der Waals surface area contributed by atoms with E-state index in [9.17, 15) is 0 Å². The van der Waals surface area contributed by atoms with Gasteiger partial charge in [-0.05, 0) is 55.3 Å². The highest BCUT2D eigenvalue weighted by Gasteiger charge is 2.22. The molecular weight excluding hydrogens is 256 g/mol. The van der Waals surface area contributed by atoms with Crippen molar-refractivity contribution in [1.29, 1.82) is 0 Å². The summed E-state index contributed by atoms with van der Waals surface area (Å²) in [5.74, 6) is 2.28. The van der Waals surface area contributed by atoms with Crippen molar-refractivity contribution < 1.29 is 0 Å². The number of hydrogen-bond acceptors (Lipinski definition) is 2. The van der Waals surface area contributed by atoms with Crippen molar-refractivity contribution >= 4 is 0 Å². The van der Waals surface area contributed by atoms with Gasteiger partial charge in [0.05, 0.1) is 0 Å². The van der Waals surface area contributed by atoms with Crippen molar-refractivity contribution in [3.63, 3.8) is 0 Å². The first-order valence-electron chi connectivity index (χ1n) is 8.52. The average Bonchev–Trinajstić information content (AvgIpc) is 3.22. The maximum atomic E-state index is 3.55. The Kier molecular flexibility index (Phi) is 6.25. The second kappa shape index (κ2) is 7.95. The fraction of sp³-hybridized carbons (Fsp3) is 0.684. The Morgan fingerprint density at radius 2 is 1.76 bits per heavy atom. The Balaban J connectivity index is 1.77. The van der Waals surface area contributed by atoms with Crippen LogP contribution in [0, 0.1) is 11.8 Å². The van der Waals surface area contributed by atoms with Gasteiger partial charge in [0.15, 0.2) is 0 Å². The predicted molar refractivity (Wildman–Crippen MR) is 91.6 cm³/mol. The van der Waals surface area contributed by atoms with E-state index < -0.39 is 0 Å². The summed E-state index contributed by atoms with van der Waals surface area (Å²) in [6.07, 6.45) is 2.87. The van der Waals surface area contributed by atoms with Gasteiger partial charge in [0.1, 0.15) is 0 Å². The number of hydrogen-bond donors (Lipinski definition) is 1. The average molecular weight is 288 g/mol. The molecule has 1 saturated carbocycles. The highest BCUT2D eigenvalue weighted by molar-refractivity contribution is 5.25. The third-order valence-electron chi connectivity index (χ3n) is 4.27. The van der Waals surface area contributed by atoms with Gasteiger partial charge in [-0.3, -0.25) is 0 Å². The molecular formula is C19H32N2. The number of nitrogens with one attached hydrogen (secondary N) is 1. The van der Waals surface area contributed by atoms with Crippen LogP contribution in [0.3, 0.4) is 0 Å². The van der Waals surface area contributed by atoms with Crippen molar-refractivity contribution in [2.75, 3.05) is 26.7 Å². The third-order valence-corrected chi connectivity index (χ3v) is 4.27. The van der Waals surface area contributed by atoms with E-state index in [-0.39, 0.29) is 0 Å². The summed E-state index contributed by atoms with van der Waals surface area (Å²) < 4.78 is 0.